The van der Waals surface area contributed by atoms with Gasteiger partial charge in [0.05, 0.1) is 6.10 Å². The van der Waals surface area contributed by atoms with Gasteiger partial charge in [-0.05, 0) is 5.75 Å². The summed E-state index contributed by atoms with van der Waals surface area (Å²) in [4.78, 5) is 0. The Morgan fingerprint density at radius 3 is 2.75 bits per heavy atom. The van der Waals surface area contributed by atoms with Gasteiger partial charge >= 0.3 is 0 Å². The van der Waals surface area contributed by atoms with Crippen molar-refractivity contribution < 1.29 is 5.11 Å². The number of hydrogen-bond acceptors (Lipinski definition) is 2. The maximum atomic E-state index is 8.84. The van der Waals surface area contributed by atoms with Gasteiger partial charge in [-0.25, -0.2) is 0 Å². The van der Waals surface area contributed by atoms with Crippen molar-refractivity contribution in [3.05, 3.63) is 0 Å². The second-order valence-corrected chi connectivity index (χ2v) is 3.10. The molecule has 1 N–H and O–H groups in total. The van der Waals surface area contributed by atoms with Crippen LogP contribution in [0.4, 0.5) is 0 Å². The molecule has 0 aliphatic heterocycles. The van der Waals surface area contributed by atoms with Gasteiger partial charge in [-0.15, -0.1) is 11.6 Å². The molecule has 1 nitrogen and oxygen atoms in total. The highest BCUT2D eigenvalue weighted by Gasteiger charge is 1.98. The van der Waals surface area contributed by atoms with Crippen LogP contribution in [0.2, 0.25) is 0 Å². The summed E-state index contributed by atoms with van der Waals surface area (Å²) in [6, 6.07) is 0. The molecule has 8 heavy (non-hydrogen) atoms. The molecular formula is C5H11ClOS. The van der Waals surface area contributed by atoms with Crippen molar-refractivity contribution in [3.8, 4) is 0 Å². The first-order valence-corrected chi connectivity index (χ1v) is 4.32. The molecule has 0 aromatic carbocycles. The molecular weight excluding hydrogens is 144 g/mol. The zero-order valence-corrected chi connectivity index (χ0v) is 6.50. The van der Waals surface area contributed by atoms with Gasteiger partial charge in [-0.1, -0.05) is 6.92 Å². The maximum absolute atomic E-state index is 8.84. The maximum Gasteiger partial charge on any atom is 0.0765 e. The molecule has 0 aromatic heterocycles. The van der Waals surface area contributed by atoms with Crippen LogP contribution in [0.25, 0.3) is 0 Å². The number of aliphatic hydroxyl groups excluding tert-OH is 1. The van der Waals surface area contributed by atoms with Crippen LogP contribution in [-0.2, 0) is 0 Å². The van der Waals surface area contributed by atoms with Crippen molar-refractivity contribution in [3.63, 3.8) is 0 Å². The molecule has 50 valence electrons. The van der Waals surface area contributed by atoms with Crippen LogP contribution in [0.5, 0.6) is 0 Å². The van der Waals surface area contributed by atoms with E-state index in [-0.39, 0.29) is 6.10 Å². The number of halogens is 1. The molecule has 1 atom stereocenters. The molecule has 0 saturated heterocycles. The summed E-state index contributed by atoms with van der Waals surface area (Å²) >= 11 is 7.03. The van der Waals surface area contributed by atoms with Crippen molar-refractivity contribution in [2.75, 3.05) is 17.4 Å². The average Bonchev–Trinajstić information content (AvgIpc) is 1.83. The van der Waals surface area contributed by atoms with Crippen molar-refractivity contribution in [1.29, 1.82) is 0 Å². The zero-order chi connectivity index (χ0) is 6.41. The van der Waals surface area contributed by atoms with E-state index in [1.807, 2.05) is 0 Å². The molecule has 0 rings (SSSR count). The van der Waals surface area contributed by atoms with Crippen LogP contribution in [-0.4, -0.2) is 28.6 Å². The number of alkyl halides is 1. The number of hydrogen-bond donors (Lipinski definition) is 1. The molecule has 0 radical (unpaired) electrons. The highest BCUT2D eigenvalue weighted by atomic mass is 35.5. The lowest BCUT2D eigenvalue weighted by Crippen LogP contribution is -2.11. The smallest absolute Gasteiger partial charge is 0.0765 e. The predicted octanol–water partition coefficient (Wildman–Crippen LogP) is 1.34. The van der Waals surface area contributed by atoms with Gasteiger partial charge < -0.3 is 5.11 Å². The van der Waals surface area contributed by atoms with Gasteiger partial charge in [0.15, 0.2) is 0 Å². The van der Waals surface area contributed by atoms with Gasteiger partial charge in [-0.2, -0.15) is 11.8 Å². The van der Waals surface area contributed by atoms with E-state index in [0.29, 0.717) is 5.88 Å². The molecule has 0 amide bonds. The topological polar surface area (TPSA) is 20.2 Å². The quantitative estimate of drug-likeness (QED) is 0.617. The molecule has 0 bridgehead atoms. The fraction of sp³-hybridized carbons (Fsp3) is 1.00. The Morgan fingerprint density at radius 1 is 1.75 bits per heavy atom. The van der Waals surface area contributed by atoms with E-state index in [9.17, 15) is 0 Å². The molecule has 0 spiro atoms. The van der Waals surface area contributed by atoms with E-state index in [0.717, 1.165) is 11.5 Å². The van der Waals surface area contributed by atoms with E-state index in [1.165, 1.54) is 0 Å². The predicted molar refractivity (Wildman–Crippen MR) is 39.7 cm³/mol. The summed E-state index contributed by atoms with van der Waals surface area (Å²) < 4.78 is 0. The van der Waals surface area contributed by atoms with Crippen molar-refractivity contribution in [2.24, 2.45) is 0 Å². The third kappa shape index (κ3) is 4.75. The van der Waals surface area contributed by atoms with Crippen LogP contribution >= 0.6 is 23.4 Å². The Morgan fingerprint density at radius 2 is 2.38 bits per heavy atom. The first kappa shape index (κ1) is 8.60. The van der Waals surface area contributed by atoms with Gasteiger partial charge in [0.2, 0.25) is 0 Å². The molecule has 0 aromatic rings. The monoisotopic (exact) mass is 154 g/mol. The highest BCUT2D eigenvalue weighted by Crippen LogP contribution is 2.02. The zero-order valence-electron chi connectivity index (χ0n) is 4.93. The van der Waals surface area contributed by atoms with E-state index in [4.69, 9.17) is 16.7 Å². The number of aliphatic hydroxyl groups is 1. The standard InChI is InChI=1S/C5H11ClOS/c1-2-8-4-5(7)3-6/h5,7H,2-4H2,1H3. The Labute approximate surface area is 59.4 Å². The molecule has 1 unspecified atom stereocenters. The van der Waals surface area contributed by atoms with Gasteiger partial charge in [0.25, 0.3) is 0 Å². The Kier molecular flexibility index (Phi) is 6.16. The summed E-state index contributed by atoms with van der Waals surface area (Å²) in [5, 5.41) is 8.84. The lowest BCUT2D eigenvalue weighted by molar-refractivity contribution is 0.223. The fourth-order valence-corrected chi connectivity index (χ4v) is 1.16. The molecule has 0 aliphatic carbocycles. The van der Waals surface area contributed by atoms with Crippen LogP contribution in [0.1, 0.15) is 6.92 Å². The minimum Gasteiger partial charge on any atom is -0.391 e. The number of thioether (sulfide) groups is 1. The van der Waals surface area contributed by atoms with Crippen molar-refractivity contribution >= 4 is 23.4 Å². The first-order chi connectivity index (χ1) is 3.81. The average molecular weight is 155 g/mol. The van der Waals surface area contributed by atoms with Gasteiger partial charge in [0.1, 0.15) is 0 Å². The fourth-order valence-electron chi connectivity index (χ4n) is 0.298. The number of rotatable bonds is 4. The molecule has 0 aliphatic rings. The van der Waals surface area contributed by atoms with E-state index in [2.05, 4.69) is 6.92 Å². The summed E-state index contributed by atoms with van der Waals surface area (Å²) in [5.74, 6) is 2.17. The first-order valence-electron chi connectivity index (χ1n) is 2.63. The molecule has 0 heterocycles. The lowest BCUT2D eigenvalue weighted by atomic mass is 10.5. The largest absolute Gasteiger partial charge is 0.391 e. The van der Waals surface area contributed by atoms with E-state index < -0.39 is 0 Å². The summed E-state index contributed by atoms with van der Waals surface area (Å²) in [7, 11) is 0. The third-order valence-corrected chi connectivity index (χ3v) is 2.08. The molecule has 3 heteroatoms. The molecule has 0 saturated carbocycles. The second kappa shape index (κ2) is 5.73. The SMILES string of the molecule is CCSCC(O)CCl. The summed E-state index contributed by atoms with van der Waals surface area (Å²) in [5.41, 5.74) is 0. The van der Waals surface area contributed by atoms with Crippen molar-refractivity contribution in [2.45, 2.75) is 13.0 Å². The van der Waals surface area contributed by atoms with Crippen LogP contribution in [0, 0.1) is 0 Å². The van der Waals surface area contributed by atoms with Gasteiger partial charge in [0, 0.05) is 11.6 Å². The summed E-state index contributed by atoms with van der Waals surface area (Å²) in [6.45, 7) is 2.06. The lowest BCUT2D eigenvalue weighted by Gasteiger charge is -2.02. The normalized spacial score (nSPS) is 13.9. The Hall–Kier alpha value is 0.600. The second-order valence-electron chi connectivity index (χ2n) is 1.47. The van der Waals surface area contributed by atoms with E-state index >= 15 is 0 Å². The van der Waals surface area contributed by atoms with Gasteiger partial charge in [-0.3, -0.25) is 0 Å². The minimum absolute atomic E-state index is 0.318. The highest BCUT2D eigenvalue weighted by molar-refractivity contribution is 7.99. The van der Waals surface area contributed by atoms with E-state index in [1.54, 1.807) is 11.8 Å². The van der Waals surface area contributed by atoms with Crippen molar-refractivity contribution in [1.82, 2.24) is 0 Å². The van der Waals surface area contributed by atoms with Crippen LogP contribution < -0.4 is 0 Å². The van der Waals surface area contributed by atoms with Crippen LogP contribution in [0.15, 0.2) is 0 Å². The Bertz CT molecular complexity index is 51.7. The van der Waals surface area contributed by atoms with Crippen LogP contribution in [0.3, 0.4) is 0 Å². The Balaban J connectivity index is 2.86. The third-order valence-electron chi connectivity index (χ3n) is 0.692. The minimum atomic E-state index is -0.318. The summed E-state index contributed by atoms with van der Waals surface area (Å²) in [6.07, 6.45) is -0.318. The molecule has 0 fully saturated rings.